The minimum atomic E-state index is -3.61. The third-order valence-electron chi connectivity index (χ3n) is 5.95. The average Bonchev–Trinajstić information content (AvgIpc) is 3.22. The van der Waals surface area contributed by atoms with Crippen LogP contribution < -0.4 is 15.2 Å². The van der Waals surface area contributed by atoms with Crippen molar-refractivity contribution in [3.05, 3.63) is 66.0 Å². The smallest absolute Gasteiger partial charge is 0.277 e. The summed E-state index contributed by atoms with van der Waals surface area (Å²) in [4.78, 5) is 9.28. The SMILES string of the molecule is COCCc1nc2c(N)nc3ccccc3c2n1CCCCNS(=O)(=O)N[C@H](C)c1ccccc1. The number of methoxy groups -OCH3 is 1. The Bertz CT molecular complexity index is 1390. The number of unbranched alkanes of at least 4 members (excludes halogenated alkanes) is 1. The molecule has 186 valence electrons. The van der Waals surface area contributed by atoms with Crippen LogP contribution in [0.4, 0.5) is 5.82 Å². The van der Waals surface area contributed by atoms with Crippen LogP contribution in [0.3, 0.4) is 0 Å². The zero-order chi connectivity index (χ0) is 24.8. The summed E-state index contributed by atoms with van der Waals surface area (Å²) in [5.41, 5.74) is 9.62. The van der Waals surface area contributed by atoms with Crippen molar-refractivity contribution in [2.24, 2.45) is 0 Å². The van der Waals surface area contributed by atoms with Crippen molar-refractivity contribution in [2.45, 2.75) is 38.8 Å². The van der Waals surface area contributed by atoms with Gasteiger partial charge in [-0.3, -0.25) is 0 Å². The number of nitrogens with two attached hydrogens (primary N) is 1. The molecule has 0 aliphatic heterocycles. The van der Waals surface area contributed by atoms with Crippen molar-refractivity contribution in [2.75, 3.05) is 26.0 Å². The van der Waals surface area contributed by atoms with Gasteiger partial charge in [-0.1, -0.05) is 48.5 Å². The molecule has 0 fully saturated rings. The van der Waals surface area contributed by atoms with Crippen LogP contribution >= 0.6 is 0 Å². The van der Waals surface area contributed by atoms with Crippen LogP contribution in [0, 0.1) is 0 Å². The van der Waals surface area contributed by atoms with Crippen LogP contribution in [0.25, 0.3) is 21.9 Å². The number of anilines is 1. The molecule has 0 amide bonds. The number of aromatic nitrogens is 3. The summed E-state index contributed by atoms with van der Waals surface area (Å²) in [5, 5.41) is 0.993. The van der Waals surface area contributed by atoms with Crippen LogP contribution in [0.5, 0.6) is 0 Å². The fourth-order valence-corrected chi connectivity index (χ4v) is 5.31. The molecule has 0 radical (unpaired) electrons. The van der Waals surface area contributed by atoms with Crippen molar-refractivity contribution >= 4 is 38.0 Å². The van der Waals surface area contributed by atoms with Crippen molar-refractivity contribution in [1.82, 2.24) is 24.0 Å². The number of rotatable bonds is 12. The normalized spacial score (nSPS) is 13.0. The van der Waals surface area contributed by atoms with Gasteiger partial charge < -0.3 is 15.0 Å². The van der Waals surface area contributed by atoms with Gasteiger partial charge in [-0.05, 0) is 31.4 Å². The van der Waals surface area contributed by atoms with Gasteiger partial charge >= 0.3 is 0 Å². The van der Waals surface area contributed by atoms with Crippen LogP contribution in [0.1, 0.15) is 37.2 Å². The van der Waals surface area contributed by atoms with Crippen molar-refractivity contribution in [3.8, 4) is 0 Å². The van der Waals surface area contributed by atoms with Crippen LogP contribution in [-0.2, 0) is 27.9 Å². The molecule has 0 unspecified atom stereocenters. The second-order valence-electron chi connectivity index (χ2n) is 8.49. The van der Waals surface area contributed by atoms with E-state index in [0.29, 0.717) is 43.9 Å². The molecule has 2 heterocycles. The monoisotopic (exact) mass is 496 g/mol. The van der Waals surface area contributed by atoms with Gasteiger partial charge in [-0.15, -0.1) is 0 Å². The highest BCUT2D eigenvalue weighted by Gasteiger charge is 2.18. The van der Waals surface area contributed by atoms with E-state index in [0.717, 1.165) is 34.2 Å². The van der Waals surface area contributed by atoms with Gasteiger partial charge in [-0.2, -0.15) is 13.1 Å². The van der Waals surface area contributed by atoms with Gasteiger partial charge in [0, 0.05) is 38.0 Å². The summed E-state index contributed by atoms with van der Waals surface area (Å²) < 4.78 is 37.7. The number of nitrogens with one attached hydrogen (secondary N) is 2. The first-order valence-corrected chi connectivity index (χ1v) is 13.2. The van der Waals surface area contributed by atoms with Gasteiger partial charge in [0.15, 0.2) is 5.82 Å². The molecule has 0 saturated carbocycles. The molecule has 0 saturated heterocycles. The Balaban J connectivity index is 1.43. The molecule has 35 heavy (non-hydrogen) atoms. The van der Waals surface area contributed by atoms with E-state index in [4.69, 9.17) is 15.5 Å². The Morgan fingerprint density at radius 1 is 1.06 bits per heavy atom. The van der Waals surface area contributed by atoms with E-state index >= 15 is 0 Å². The average molecular weight is 497 g/mol. The quantitative estimate of drug-likeness (QED) is 0.259. The van der Waals surface area contributed by atoms with E-state index in [9.17, 15) is 8.42 Å². The summed E-state index contributed by atoms with van der Waals surface area (Å²) >= 11 is 0. The number of ether oxygens (including phenoxy) is 1. The third kappa shape index (κ3) is 5.96. The largest absolute Gasteiger partial charge is 0.384 e. The molecule has 2 aromatic carbocycles. The van der Waals surface area contributed by atoms with E-state index in [1.807, 2.05) is 61.5 Å². The molecule has 0 aliphatic carbocycles. The Morgan fingerprint density at radius 3 is 2.57 bits per heavy atom. The Labute approximate surface area is 205 Å². The van der Waals surface area contributed by atoms with Gasteiger partial charge in [0.05, 0.1) is 17.6 Å². The number of para-hydroxylation sites is 1. The fraction of sp³-hybridized carbons (Fsp3) is 0.360. The maximum Gasteiger partial charge on any atom is 0.277 e. The summed E-state index contributed by atoms with van der Waals surface area (Å²) in [6, 6.07) is 17.0. The molecule has 4 rings (SSSR count). The maximum atomic E-state index is 12.5. The molecule has 10 heteroatoms. The third-order valence-corrected chi connectivity index (χ3v) is 7.20. The number of nitrogen functional groups attached to an aromatic ring is 1. The first-order chi connectivity index (χ1) is 16.9. The highest BCUT2D eigenvalue weighted by atomic mass is 32.2. The minimum absolute atomic E-state index is 0.318. The number of benzene rings is 2. The molecular formula is C25H32N6O3S. The van der Waals surface area contributed by atoms with Crippen LogP contribution in [-0.4, -0.2) is 43.2 Å². The predicted molar refractivity (Wildman–Crippen MR) is 139 cm³/mol. The molecule has 1 atom stereocenters. The lowest BCUT2D eigenvalue weighted by molar-refractivity contribution is 0.199. The topological polar surface area (TPSA) is 124 Å². The highest BCUT2D eigenvalue weighted by molar-refractivity contribution is 7.87. The first kappa shape index (κ1) is 25.1. The Hall–Kier alpha value is -3.05. The zero-order valence-electron chi connectivity index (χ0n) is 20.1. The lowest BCUT2D eigenvalue weighted by Gasteiger charge is -2.15. The molecule has 0 spiro atoms. The fourth-order valence-electron chi connectivity index (χ4n) is 4.22. The standard InChI is InChI=1S/C25H32N6O3S/c1-18(19-10-4-3-5-11-19)30-35(32,33)27-15-8-9-16-31-22(14-17-34-2)29-23-24(31)20-12-6-7-13-21(20)28-25(23)26/h3-7,10-13,18,27,30H,8-9,14-17H2,1-2H3,(H2,26,28)/t18-/m1/s1. The van der Waals surface area contributed by atoms with Crippen molar-refractivity contribution in [3.63, 3.8) is 0 Å². The van der Waals surface area contributed by atoms with Gasteiger partial charge in [0.1, 0.15) is 11.3 Å². The summed E-state index contributed by atoms with van der Waals surface area (Å²) in [7, 11) is -1.95. The molecular weight excluding hydrogens is 464 g/mol. The summed E-state index contributed by atoms with van der Waals surface area (Å²) in [6.45, 7) is 3.38. The molecule has 2 aromatic heterocycles. The summed E-state index contributed by atoms with van der Waals surface area (Å²) in [6.07, 6.45) is 2.08. The van der Waals surface area contributed by atoms with Crippen molar-refractivity contribution < 1.29 is 13.2 Å². The number of imidazole rings is 1. The second-order valence-corrected chi connectivity index (χ2v) is 10.0. The van der Waals surface area contributed by atoms with E-state index in [1.54, 1.807) is 7.11 Å². The van der Waals surface area contributed by atoms with Crippen LogP contribution in [0.15, 0.2) is 54.6 Å². The number of pyridine rings is 1. The highest BCUT2D eigenvalue weighted by Crippen LogP contribution is 2.29. The second kappa shape index (κ2) is 11.1. The van der Waals surface area contributed by atoms with E-state index < -0.39 is 10.2 Å². The number of hydrogen-bond donors (Lipinski definition) is 3. The molecule has 4 N–H and O–H groups in total. The number of fused-ring (bicyclic) bond motifs is 3. The predicted octanol–water partition coefficient (Wildman–Crippen LogP) is 3.32. The van der Waals surface area contributed by atoms with Gasteiger partial charge in [0.2, 0.25) is 0 Å². The minimum Gasteiger partial charge on any atom is -0.384 e. The van der Waals surface area contributed by atoms with E-state index in [1.165, 1.54) is 0 Å². The van der Waals surface area contributed by atoms with Gasteiger partial charge in [-0.25, -0.2) is 14.7 Å². The van der Waals surface area contributed by atoms with E-state index in [2.05, 4.69) is 19.0 Å². The number of hydrogen-bond acceptors (Lipinski definition) is 6. The van der Waals surface area contributed by atoms with E-state index in [-0.39, 0.29) is 6.04 Å². The Morgan fingerprint density at radius 2 is 1.80 bits per heavy atom. The first-order valence-electron chi connectivity index (χ1n) is 11.7. The molecule has 4 aromatic rings. The molecule has 0 bridgehead atoms. The molecule has 0 aliphatic rings. The van der Waals surface area contributed by atoms with Gasteiger partial charge in [0.25, 0.3) is 10.2 Å². The maximum absolute atomic E-state index is 12.5. The van der Waals surface area contributed by atoms with Crippen LogP contribution in [0.2, 0.25) is 0 Å². The number of aryl methyl sites for hydroxylation is 1. The zero-order valence-corrected chi connectivity index (χ0v) is 20.9. The summed E-state index contributed by atoms with van der Waals surface area (Å²) in [5.74, 6) is 1.29. The number of nitrogens with zero attached hydrogens (tertiary/aromatic N) is 3. The van der Waals surface area contributed by atoms with Crippen molar-refractivity contribution in [1.29, 1.82) is 0 Å². The Kier molecular flexibility index (Phi) is 7.97. The lowest BCUT2D eigenvalue weighted by atomic mass is 10.1. The lowest BCUT2D eigenvalue weighted by Crippen LogP contribution is -2.38. The molecule has 9 nitrogen and oxygen atoms in total.